The van der Waals surface area contributed by atoms with Gasteiger partial charge in [-0.15, -0.1) is 11.3 Å². The number of benzene rings is 2. The standard InChI is InChI=1S/C19H17BF3N3O5S3/c20-13-5-6-14-15(9-13)32-18(26-14)16(17(27)25-7-8-34(24,30)31)33(28,29)10-11-1-3-12(4-2-11)19(21,22)23/h1-6,9,16H,7-8,10H2,(H,25,27)(H2,24,30,31). The van der Waals surface area contributed by atoms with E-state index in [1.54, 1.807) is 18.2 Å². The number of nitrogens with zero attached hydrogens (tertiary/aromatic N) is 1. The number of amides is 1. The lowest BCUT2D eigenvalue weighted by atomic mass is 9.97. The summed E-state index contributed by atoms with van der Waals surface area (Å²) in [5, 5.41) is 5.20. The van der Waals surface area contributed by atoms with E-state index < -0.39 is 60.8 Å². The van der Waals surface area contributed by atoms with Gasteiger partial charge >= 0.3 is 6.18 Å². The van der Waals surface area contributed by atoms with Gasteiger partial charge < -0.3 is 5.32 Å². The van der Waals surface area contributed by atoms with Crippen LogP contribution in [-0.4, -0.2) is 47.9 Å². The Bertz CT molecular complexity index is 1420. The number of primary sulfonamides is 1. The Morgan fingerprint density at radius 2 is 1.76 bits per heavy atom. The van der Waals surface area contributed by atoms with E-state index in [9.17, 15) is 34.8 Å². The van der Waals surface area contributed by atoms with Gasteiger partial charge in [-0.3, -0.25) is 4.79 Å². The number of nitrogens with two attached hydrogens (primary N) is 1. The number of thiazole rings is 1. The summed E-state index contributed by atoms with van der Waals surface area (Å²) in [6, 6.07) is 8.14. The van der Waals surface area contributed by atoms with Gasteiger partial charge in [0.15, 0.2) is 15.1 Å². The fourth-order valence-electron chi connectivity index (χ4n) is 3.01. The van der Waals surface area contributed by atoms with E-state index in [0.717, 1.165) is 35.6 Å². The maximum atomic E-state index is 13.2. The number of carbonyl (C=O) groups is 1. The van der Waals surface area contributed by atoms with Crippen LogP contribution in [0, 0.1) is 0 Å². The van der Waals surface area contributed by atoms with Crippen molar-refractivity contribution in [2.75, 3.05) is 12.3 Å². The van der Waals surface area contributed by atoms with E-state index in [1.165, 1.54) is 0 Å². The average Bonchev–Trinajstić information content (AvgIpc) is 3.08. The second-order valence-corrected chi connectivity index (χ2v) is 12.2. The highest BCUT2D eigenvalue weighted by Gasteiger charge is 2.37. The fraction of sp³-hybridized carbons (Fsp3) is 0.263. The Balaban J connectivity index is 1.96. The van der Waals surface area contributed by atoms with Gasteiger partial charge in [0.25, 0.3) is 0 Å². The maximum Gasteiger partial charge on any atom is 0.416 e. The average molecular weight is 531 g/mol. The minimum absolute atomic E-state index is 0.0284. The summed E-state index contributed by atoms with van der Waals surface area (Å²) in [5.41, 5.74) is -0.138. The summed E-state index contributed by atoms with van der Waals surface area (Å²) in [4.78, 5) is 17.1. The number of alkyl halides is 3. The summed E-state index contributed by atoms with van der Waals surface area (Å²) < 4.78 is 87.7. The van der Waals surface area contributed by atoms with Gasteiger partial charge in [-0.25, -0.2) is 27.0 Å². The first-order valence-corrected chi connectivity index (χ1v) is 13.7. The third-order valence-electron chi connectivity index (χ3n) is 4.59. The molecule has 1 aromatic heterocycles. The first kappa shape index (κ1) is 26.1. The highest BCUT2D eigenvalue weighted by atomic mass is 32.2. The molecule has 8 nitrogen and oxygen atoms in total. The molecule has 0 fully saturated rings. The fourth-order valence-corrected chi connectivity index (χ4v) is 6.58. The number of sulfonamides is 1. The van der Waals surface area contributed by atoms with Crippen molar-refractivity contribution >= 4 is 60.6 Å². The van der Waals surface area contributed by atoms with Crippen LogP contribution in [0.25, 0.3) is 10.2 Å². The van der Waals surface area contributed by atoms with Crippen LogP contribution in [0.2, 0.25) is 0 Å². The van der Waals surface area contributed by atoms with Gasteiger partial charge in [0.1, 0.15) is 12.9 Å². The molecule has 34 heavy (non-hydrogen) atoms. The van der Waals surface area contributed by atoms with Crippen LogP contribution in [0.1, 0.15) is 21.4 Å². The van der Waals surface area contributed by atoms with Crippen molar-refractivity contribution in [1.82, 2.24) is 10.3 Å². The van der Waals surface area contributed by atoms with Crippen LogP contribution in [0.15, 0.2) is 42.5 Å². The zero-order chi connectivity index (χ0) is 25.3. The largest absolute Gasteiger partial charge is 0.416 e. The molecule has 180 valence electrons. The van der Waals surface area contributed by atoms with E-state index in [4.69, 9.17) is 13.0 Å². The topological polar surface area (TPSA) is 136 Å². The summed E-state index contributed by atoms with van der Waals surface area (Å²) in [6.45, 7) is -0.443. The first-order valence-electron chi connectivity index (χ1n) is 9.47. The molecule has 3 N–H and O–H groups in total. The predicted molar refractivity (Wildman–Crippen MR) is 123 cm³/mol. The van der Waals surface area contributed by atoms with Crippen LogP contribution in [-0.2, 0) is 36.6 Å². The van der Waals surface area contributed by atoms with Gasteiger partial charge in [-0.1, -0.05) is 23.7 Å². The number of sulfone groups is 1. The number of hydrogen-bond acceptors (Lipinski definition) is 7. The zero-order valence-corrected chi connectivity index (χ0v) is 19.7. The number of halogens is 3. The lowest BCUT2D eigenvalue weighted by Gasteiger charge is -2.16. The van der Waals surface area contributed by atoms with Crippen molar-refractivity contribution in [2.45, 2.75) is 17.2 Å². The lowest BCUT2D eigenvalue weighted by molar-refractivity contribution is -0.137. The molecule has 3 aromatic rings. The van der Waals surface area contributed by atoms with Crippen molar-refractivity contribution in [2.24, 2.45) is 5.14 Å². The molecule has 0 saturated heterocycles. The second kappa shape index (κ2) is 9.64. The third-order valence-corrected chi connectivity index (χ3v) is 8.48. The molecule has 0 aliphatic heterocycles. The highest BCUT2D eigenvalue weighted by molar-refractivity contribution is 7.91. The molecule has 0 aliphatic rings. The normalized spacial score (nSPS) is 13.6. The van der Waals surface area contributed by atoms with Gasteiger partial charge in [0.2, 0.25) is 15.9 Å². The summed E-state index contributed by atoms with van der Waals surface area (Å²) in [7, 11) is -2.54. The number of carbonyl (C=O) groups excluding carboxylic acids is 1. The molecule has 1 heterocycles. The summed E-state index contributed by atoms with van der Waals surface area (Å²) >= 11 is 0.907. The van der Waals surface area contributed by atoms with Crippen LogP contribution in [0.4, 0.5) is 13.2 Å². The van der Waals surface area contributed by atoms with Gasteiger partial charge in [-0.2, -0.15) is 13.2 Å². The Morgan fingerprint density at radius 1 is 1.12 bits per heavy atom. The SMILES string of the molecule is [B]c1ccc2nc(C(C(=O)NCCS(N)(=O)=O)S(=O)(=O)Cc3ccc(C(F)(F)F)cc3)sc2c1. The van der Waals surface area contributed by atoms with Crippen molar-refractivity contribution in [1.29, 1.82) is 0 Å². The molecule has 2 radical (unpaired) electrons. The van der Waals surface area contributed by atoms with Crippen molar-refractivity contribution in [3.8, 4) is 0 Å². The maximum absolute atomic E-state index is 13.2. The minimum Gasteiger partial charge on any atom is -0.354 e. The van der Waals surface area contributed by atoms with E-state index in [1.807, 2.05) is 0 Å². The number of fused-ring (bicyclic) bond motifs is 1. The van der Waals surface area contributed by atoms with E-state index in [2.05, 4.69) is 10.3 Å². The Labute approximate surface area is 198 Å². The molecule has 1 amide bonds. The molecule has 0 bridgehead atoms. The van der Waals surface area contributed by atoms with E-state index >= 15 is 0 Å². The van der Waals surface area contributed by atoms with Crippen LogP contribution in [0.5, 0.6) is 0 Å². The first-order chi connectivity index (χ1) is 15.7. The monoisotopic (exact) mass is 531 g/mol. The molecule has 0 saturated carbocycles. The minimum atomic E-state index is -4.59. The Hall–Kier alpha value is -2.49. The quantitative estimate of drug-likeness (QED) is 0.419. The number of rotatable bonds is 8. The Morgan fingerprint density at radius 3 is 2.35 bits per heavy atom. The molecular formula is C19H17BF3N3O5S3. The van der Waals surface area contributed by atoms with Crippen molar-refractivity contribution in [3.05, 3.63) is 58.6 Å². The van der Waals surface area contributed by atoms with Crippen LogP contribution in [0.3, 0.4) is 0 Å². The van der Waals surface area contributed by atoms with Crippen molar-refractivity contribution < 1.29 is 34.8 Å². The highest BCUT2D eigenvalue weighted by Crippen LogP contribution is 2.33. The Kier molecular flexibility index (Phi) is 7.41. The third kappa shape index (κ3) is 6.55. The number of aromatic nitrogens is 1. The second-order valence-electron chi connectivity index (χ2n) is 7.32. The van der Waals surface area contributed by atoms with E-state index in [-0.39, 0.29) is 10.6 Å². The lowest BCUT2D eigenvalue weighted by Crippen LogP contribution is -2.37. The van der Waals surface area contributed by atoms with Gasteiger partial charge in [-0.05, 0) is 29.8 Å². The molecule has 15 heteroatoms. The molecule has 2 aromatic carbocycles. The van der Waals surface area contributed by atoms with Gasteiger partial charge in [0.05, 0.1) is 27.3 Å². The molecule has 3 rings (SSSR count). The number of hydrogen-bond donors (Lipinski definition) is 2. The van der Waals surface area contributed by atoms with E-state index in [0.29, 0.717) is 15.7 Å². The predicted octanol–water partition coefficient (Wildman–Crippen LogP) is 1.17. The molecule has 1 atom stereocenters. The smallest absolute Gasteiger partial charge is 0.354 e. The van der Waals surface area contributed by atoms with Gasteiger partial charge in [0, 0.05) is 6.54 Å². The molecule has 1 unspecified atom stereocenters. The van der Waals surface area contributed by atoms with Crippen LogP contribution < -0.4 is 15.9 Å². The summed E-state index contributed by atoms with van der Waals surface area (Å²) in [5.74, 6) is -2.42. The molecule has 0 spiro atoms. The summed E-state index contributed by atoms with van der Waals surface area (Å²) in [6.07, 6.45) is -4.59. The van der Waals surface area contributed by atoms with Crippen molar-refractivity contribution in [3.63, 3.8) is 0 Å². The molecule has 0 aliphatic carbocycles. The van der Waals surface area contributed by atoms with Crippen LogP contribution >= 0.6 is 11.3 Å². The molecular weight excluding hydrogens is 514 g/mol. The number of nitrogens with one attached hydrogen (secondary N) is 1. The zero-order valence-electron chi connectivity index (χ0n) is 17.2.